The Morgan fingerprint density at radius 1 is 1.33 bits per heavy atom. The number of carboxylic acids is 1. The molecular weight excluding hydrogens is 341 g/mol. The van der Waals surface area contributed by atoms with E-state index in [4.69, 9.17) is 4.74 Å². The molecule has 0 bridgehead atoms. The molecule has 0 fully saturated rings. The molecule has 1 aromatic rings. The fourth-order valence-corrected chi connectivity index (χ4v) is 3.74. The molecule has 0 aliphatic carbocycles. The molecule has 1 amide bonds. The molecule has 1 unspecified atom stereocenters. The maximum absolute atomic E-state index is 13.7. The summed E-state index contributed by atoms with van der Waals surface area (Å²) in [6.45, 7) is 3.38. The molecular formula is C15H20FNO6S. The van der Waals surface area contributed by atoms with Gasteiger partial charge in [0.1, 0.15) is 5.75 Å². The van der Waals surface area contributed by atoms with Crippen molar-refractivity contribution in [1.82, 2.24) is 5.32 Å². The van der Waals surface area contributed by atoms with Crippen molar-refractivity contribution in [2.75, 3.05) is 18.6 Å². The number of hydrogen-bond donors (Lipinski definition) is 2. The first-order valence-electron chi connectivity index (χ1n) is 7.11. The molecule has 0 spiro atoms. The lowest BCUT2D eigenvalue weighted by Crippen LogP contribution is -2.38. The largest absolute Gasteiger partial charge is 0.494 e. The van der Waals surface area contributed by atoms with Crippen molar-refractivity contribution in [3.8, 4) is 5.75 Å². The Morgan fingerprint density at radius 3 is 2.42 bits per heavy atom. The number of carbonyl (C=O) groups is 2. The van der Waals surface area contributed by atoms with Crippen LogP contribution >= 0.6 is 0 Å². The molecule has 0 aliphatic rings. The molecule has 0 aliphatic heterocycles. The number of methoxy groups -OCH3 is 1. The van der Waals surface area contributed by atoms with Gasteiger partial charge in [-0.2, -0.15) is 0 Å². The van der Waals surface area contributed by atoms with Gasteiger partial charge in [-0.3, -0.25) is 4.79 Å². The number of hydrogen-bond acceptors (Lipinski definition) is 5. The maximum atomic E-state index is 13.7. The predicted molar refractivity (Wildman–Crippen MR) is 85.0 cm³/mol. The Bertz CT molecular complexity index is 717. The van der Waals surface area contributed by atoms with Crippen LogP contribution in [0.15, 0.2) is 18.2 Å². The average Bonchev–Trinajstić information content (AvgIpc) is 2.42. The SMILES string of the molecule is COc1ccc(C(NC(=O)CS(=O)(=O)CC(C)C)C(=O)O)cc1F. The van der Waals surface area contributed by atoms with Crippen LogP contribution in [0, 0.1) is 11.7 Å². The number of carbonyl (C=O) groups excluding carboxylic acids is 1. The predicted octanol–water partition coefficient (Wildman–Crippen LogP) is 1.15. The third-order valence-corrected chi connectivity index (χ3v) is 4.88. The lowest BCUT2D eigenvalue weighted by Gasteiger charge is -2.16. The summed E-state index contributed by atoms with van der Waals surface area (Å²) in [4.78, 5) is 23.2. The van der Waals surface area contributed by atoms with Gasteiger partial charge < -0.3 is 15.2 Å². The van der Waals surface area contributed by atoms with Crippen LogP contribution in [0.3, 0.4) is 0 Å². The van der Waals surface area contributed by atoms with Crippen molar-refractivity contribution in [1.29, 1.82) is 0 Å². The molecule has 0 aromatic heterocycles. The monoisotopic (exact) mass is 361 g/mol. The Labute approximate surface area is 139 Å². The van der Waals surface area contributed by atoms with Crippen molar-refractivity contribution >= 4 is 21.7 Å². The van der Waals surface area contributed by atoms with Crippen LogP contribution in [-0.4, -0.2) is 44.0 Å². The van der Waals surface area contributed by atoms with E-state index in [1.54, 1.807) is 13.8 Å². The van der Waals surface area contributed by atoms with Crippen LogP contribution in [0.5, 0.6) is 5.75 Å². The van der Waals surface area contributed by atoms with Gasteiger partial charge in [0.05, 0.1) is 12.9 Å². The molecule has 1 atom stereocenters. The summed E-state index contributed by atoms with van der Waals surface area (Å²) in [5, 5.41) is 11.3. The summed E-state index contributed by atoms with van der Waals surface area (Å²) < 4.78 is 42.0. The minimum Gasteiger partial charge on any atom is -0.494 e. The lowest BCUT2D eigenvalue weighted by molar-refractivity contribution is -0.141. The summed E-state index contributed by atoms with van der Waals surface area (Å²) in [7, 11) is -2.39. The van der Waals surface area contributed by atoms with Gasteiger partial charge in [-0.05, 0) is 23.6 Å². The second kappa shape index (κ2) is 8.09. The van der Waals surface area contributed by atoms with Crippen molar-refractivity contribution in [2.24, 2.45) is 5.92 Å². The molecule has 0 saturated carbocycles. The van der Waals surface area contributed by atoms with E-state index in [-0.39, 0.29) is 23.0 Å². The van der Waals surface area contributed by atoms with Gasteiger partial charge in [-0.25, -0.2) is 17.6 Å². The van der Waals surface area contributed by atoms with Crippen LogP contribution in [0.4, 0.5) is 4.39 Å². The van der Waals surface area contributed by atoms with Gasteiger partial charge in [-0.15, -0.1) is 0 Å². The third kappa shape index (κ3) is 5.80. The summed E-state index contributed by atoms with van der Waals surface area (Å²) in [6, 6.07) is 1.86. The highest BCUT2D eigenvalue weighted by atomic mass is 32.2. The molecule has 0 saturated heterocycles. The molecule has 1 rings (SSSR count). The zero-order chi connectivity index (χ0) is 18.5. The highest BCUT2D eigenvalue weighted by molar-refractivity contribution is 7.92. The molecule has 134 valence electrons. The van der Waals surface area contributed by atoms with E-state index < -0.39 is 39.3 Å². The second-order valence-corrected chi connectivity index (χ2v) is 7.79. The second-order valence-electron chi connectivity index (χ2n) is 5.68. The maximum Gasteiger partial charge on any atom is 0.330 e. The molecule has 2 N–H and O–H groups in total. The van der Waals surface area contributed by atoms with Crippen LogP contribution < -0.4 is 10.1 Å². The molecule has 9 heteroatoms. The van der Waals surface area contributed by atoms with E-state index in [0.717, 1.165) is 6.07 Å². The molecule has 7 nitrogen and oxygen atoms in total. The number of benzene rings is 1. The number of nitrogens with one attached hydrogen (secondary N) is 1. The number of carboxylic acid groups (broad SMARTS) is 1. The summed E-state index contributed by atoms with van der Waals surface area (Å²) >= 11 is 0. The highest BCUT2D eigenvalue weighted by Crippen LogP contribution is 2.22. The Balaban J connectivity index is 2.93. The first-order valence-corrected chi connectivity index (χ1v) is 8.94. The average molecular weight is 361 g/mol. The van der Waals surface area contributed by atoms with Gasteiger partial charge in [-0.1, -0.05) is 19.9 Å². The number of ether oxygens (including phenoxy) is 1. The minimum absolute atomic E-state index is 0.0320. The van der Waals surface area contributed by atoms with Gasteiger partial charge in [0, 0.05) is 0 Å². The minimum atomic E-state index is -3.65. The van der Waals surface area contributed by atoms with E-state index in [0.29, 0.717) is 0 Å². The van der Waals surface area contributed by atoms with Gasteiger partial charge in [0.2, 0.25) is 5.91 Å². The van der Waals surface area contributed by atoms with Crippen molar-refractivity contribution in [3.05, 3.63) is 29.6 Å². The van der Waals surface area contributed by atoms with Crippen LogP contribution in [-0.2, 0) is 19.4 Å². The highest BCUT2D eigenvalue weighted by Gasteiger charge is 2.26. The first-order chi connectivity index (χ1) is 11.1. The van der Waals surface area contributed by atoms with E-state index in [1.807, 2.05) is 0 Å². The van der Waals surface area contributed by atoms with E-state index in [9.17, 15) is 27.5 Å². The number of aliphatic carboxylic acids is 1. The van der Waals surface area contributed by atoms with Crippen LogP contribution in [0.25, 0.3) is 0 Å². The number of amides is 1. The molecule has 0 radical (unpaired) electrons. The van der Waals surface area contributed by atoms with Gasteiger partial charge in [0.15, 0.2) is 27.4 Å². The quantitative estimate of drug-likeness (QED) is 0.719. The summed E-state index contributed by atoms with van der Waals surface area (Å²) in [5.74, 6) is -4.43. The molecule has 0 heterocycles. The summed E-state index contributed by atoms with van der Waals surface area (Å²) in [5.41, 5.74) is -0.0320. The summed E-state index contributed by atoms with van der Waals surface area (Å²) in [6.07, 6.45) is 0. The van der Waals surface area contributed by atoms with Crippen molar-refractivity contribution < 1.29 is 32.2 Å². The van der Waals surface area contributed by atoms with Crippen molar-refractivity contribution in [2.45, 2.75) is 19.9 Å². The number of sulfone groups is 1. The third-order valence-electron chi connectivity index (χ3n) is 3.00. The Hall–Kier alpha value is -2.16. The number of rotatable bonds is 8. The van der Waals surface area contributed by atoms with E-state index in [2.05, 4.69) is 5.32 Å². The van der Waals surface area contributed by atoms with Gasteiger partial charge >= 0.3 is 5.97 Å². The molecule has 24 heavy (non-hydrogen) atoms. The van der Waals surface area contributed by atoms with Crippen LogP contribution in [0.1, 0.15) is 25.5 Å². The Morgan fingerprint density at radius 2 is 1.96 bits per heavy atom. The zero-order valence-electron chi connectivity index (χ0n) is 13.6. The zero-order valence-corrected chi connectivity index (χ0v) is 14.4. The van der Waals surface area contributed by atoms with Gasteiger partial charge in [0.25, 0.3) is 0 Å². The standard InChI is InChI=1S/C15H20FNO6S/c1-9(2)7-24(21,22)8-13(18)17-14(15(19)20)10-4-5-12(23-3)11(16)6-10/h4-6,9,14H,7-8H2,1-3H3,(H,17,18)(H,19,20). The lowest BCUT2D eigenvalue weighted by atomic mass is 10.1. The fraction of sp³-hybridized carbons (Fsp3) is 0.467. The smallest absolute Gasteiger partial charge is 0.330 e. The normalized spacial score (nSPS) is 12.7. The van der Waals surface area contributed by atoms with Crippen LogP contribution in [0.2, 0.25) is 0 Å². The topological polar surface area (TPSA) is 110 Å². The fourth-order valence-electron chi connectivity index (χ4n) is 2.12. The van der Waals surface area contributed by atoms with E-state index >= 15 is 0 Å². The number of halogens is 1. The van der Waals surface area contributed by atoms with Crippen molar-refractivity contribution in [3.63, 3.8) is 0 Å². The van der Waals surface area contributed by atoms with E-state index in [1.165, 1.54) is 19.2 Å². The first kappa shape index (κ1) is 19.9. The Kier molecular flexibility index (Phi) is 6.70. The molecule has 1 aromatic carbocycles.